The van der Waals surface area contributed by atoms with Crippen molar-refractivity contribution in [3.05, 3.63) is 24.3 Å². The minimum Gasteiger partial charge on any atom is -0.494 e. The van der Waals surface area contributed by atoms with Crippen LogP contribution in [0.4, 0.5) is 13.2 Å². The van der Waals surface area contributed by atoms with E-state index in [0.29, 0.717) is 31.9 Å². The molecule has 0 aromatic heterocycles. The average Bonchev–Trinajstić information content (AvgIpc) is 2.52. The first-order chi connectivity index (χ1) is 12.1. The first-order valence-corrected chi connectivity index (χ1v) is 8.04. The zero-order valence-corrected chi connectivity index (χ0v) is 15.8. The Bertz CT molecular complexity index is 577. The van der Waals surface area contributed by atoms with Crippen molar-refractivity contribution in [2.45, 2.75) is 38.2 Å². The molecular weight excluding hydrogens is 391 g/mol. The Balaban J connectivity index is 0.00000364. The molecule has 1 atom stereocenters. The minimum atomic E-state index is -4.71. The van der Waals surface area contributed by atoms with Crippen molar-refractivity contribution in [2.24, 2.45) is 11.6 Å². The van der Waals surface area contributed by atoms with Crippen LogP contribution in [-0.4, -0.2) is 48.0 Å². The molecule has 8 nitrogen and oxygen atoms in total. The van der Waals surface area contributed by atoms with Gasteiger partial charge in [-0.25, -0.2) is 0 Å². The molecule has 2 rings (SSSR count). The van der Waals surface area contributed by atoms with Gasteiger partial charge >= 0.3 is 6.36 Å². The molecule has 1 saturated heterocycles. The fraction of sp³-hybridized carbons (Fsp3) is 0.600. The van der Waals surface area contributed by atoms with Crippen LogP contribution in [0, 0.1) is 0 Å². The largest absolute Gasteiger partial charge is 0.573 e. The summed E-state index contributed by atoms with van der Waals surface area (Å²) in [5, 5.41) is 2.85. The molecule has 1 heterocycles. The number of hydrogen-bond acceptors (Lipinski definition) is 8. The Morgan fingerprint density at radius 2 is 1.78 bits per heavy atom. The Hall–Kier alpha value is -1.34. The van der Waals surface area contributed by atoms with Crippen LogP contribution in [0.25, 0.3) is 0 Å². The molecule has 1 fully saturated rings. The fourth-order valence-corrected chi connectivity index (χ4v) is 2.21. The van der Waals surface area contributed by atoms with Gasteiger partial charge in [0.1, 0.15) is 11.5 Å². The second kappa shape index (κ2) is 9.73. The van der Waals surface area contributed by atoms with Gasteiger partial charge in [0, 0.05) is 19.0 Å². The highest BCUT2D eigenvalue weighted by Crippen LogP contribution is 2.25. The maximum Gasteiger partial charge on any atom is 0.573 e. The summed E-state index contributed by atoms with van der Waals surface area (Å²) in [6, 6.07) is 4.99. The molecular formula is C15H25ClF3N5O3. The Morgan fingerprint density at radius 1 is 1.19 bits per heavy atom. The summed E-state index contributed by atoms with van der Waals surface area (Å²) < 4.78 is 45.5. The summed E-state index contributed by atoms with van der Waals surface area (Å²) in [4.78, 5) is 5.65. The summed E-state index contributed by atoms with van der Waals surface area (Å²) in [6.45, 7) is 5.00. The number of ether oxygens (including phenoxy) is 2. The minimum absolute atomic E-state index is 0. The molecule has 0 aliphatic carbocycles. The number of hydrazine groups is 3. The van der Waals surface area contributed by atoms with Crippen molar-refractivity contribution in [1.29, 1.82) is 0 Å². The van der Waals surface area contributed by atoms with Gasteiger partial charge in [-0.2, -0.15) is 10.7 Å². The number of benzene rings is 1. The van der Waals surface area contributed by atoms with Crippen molar-refractivity contribution in [1.82, 2.24) is 15.8 Å². The molecule has 12 heteroatoms. The monoisotopic (exact) mass is 415 g/mol. The molecule has 5 N–H and O–H groups in total. The van der Waals surface area contributed by atoms with Gasteiger partial charge in [-0.1, -0.05) is 0 Å². The van der Waals surface area contributed by atoms with Crippen LogP contribution < -0.4 is 26.6 Å². The van der Waals surface area contributed by atoms with E-state index in [1.54, 1.807) is 0 Å². The summed E-state index contributed by atoms with van der Waals surface area (Å²) >= 11 is 0. The molecule has 27 heavy (non-hydrogen) atoms. The molecule has 1 aliphatic rings. The van der Waals surface area contributed by atoms with Gasteiger partial charge in [0.2, 0.25) is 0 Å². The summed E-state index contributed by atoms with van der Waals surface area (Å²) in [7, 11) is 0. The molecule has 1 unspecified atom stereocenters. The first kappa shape index (κ1) is 23.7. The zero-order chi connectivity index (χ0) is 19.4. The summed E-state index contributed by atoms with van der Waals surface area (Å²) in [5.41, 5.74) is 8.47. The van der Waals surface area contributed by atoms with Crippen LogP contribution >= 0.6 is 12.4 Å². The van der Waals surface area contributed by atoms with Crippen molar-refractivity contribution >= 4 is 12.4 Å². The molecule has 156 valence electrons. The number of nitrogens with two attached hydrogens (primary N) is 2. The third kappa shape index (κ3) is 7.30. The number of alkyl halides is 3. The van der Waals surface area contributed by atoms with E-state index in [4.69, 9.17) is 21.2 Å². The average molecular weight is 416 g/mol. The fourth-order valence-electron chi connectivity index (χ4n) is 2.21. The van der Waals surface area contributed by atoms with Gasteiger partial charge in [0.05, 0.1) is 18.8 Å². The topological polar surface area (TPSA) is 98.2 Å². The van der Waals surface area contributed by atoms with Crippen molar-refractivity contribution in [3.63, 3.8) is 0 Å². The SMILES string of the molecule is CC1(C)C(N)CN(N)NN1OCCCOc1ccc(OC(F)(F)F)cc1.Cl. The van der Waals surface area contributed by atoms with E-state index in [9.17, 15) is 13.2 Å². The summed E-state index contributed by atoms with van der Waals surface area (Å²) in [5.74, 6) is 5.85. The third-order valence-corrected chi connectivity index (χ3v) is 3.88. The van der Waals surface area contributed by atoms with Gasteiger partial charge in [0.25, 0.3) is 0 Å². The number of nitrogens with one attached hydrogen (secondary N) is 1. The Kier molecular flexibility index (Phi) is 8.54. The quantitative estimate of drug-likeness (QED) is 0.457. The molecule has 1 aromatic rings. The first-order valence-electron chi connectivity index (χ1n) is 8.04. The van der Waals surface area contributed by atoms with E-state index >= 15 is 0 Å². The van der Waals surface area contributed by atoms with Gasteiger partial charge in [-0.15, -0.1) is 30.8 Å². The van der Waals surface area contributed by atoms with Crippen LogP contribution in [0.15, 0.2) is 24.3 Å². The number of hydroxylamine groups is 1. The van der Waals surface area contributed by atoms with Crippen LogP contribution in [-0.2, 0) is 4.84 Å². The molecule has 1 aromatic carbocycles. The van der Waals surface area contributed by atoms with Crippen molar-refractivity contribution < 1.29 is 27.5 Å². The van der Waals surface area contributed by atoms with Gasteiger partial charge in [-0.3, -0.25) is 10.7 Å². The molecule has 0 bridgehead atoms. The summed E-state index contributed by atoms with van der Waals surface area (Å²) in [6.07, 6.45) is -4.16. The van der Waals surface area contributed by atoms with Crippen LogP contribution in [0.5, 0.6) is 11.5 Å². The lowest BCUT2D eigenvalue weighted by Crippen LogP contribution is -2.73. The number of halogens is 4. The van der Waals surface area contributed by atoms with Gasteiger partial charge < -0.3 is 15.2 Å². The lowest BCUT2D eigenvalue weighted by molar-refractivity contribution is -0.308. The van der Waals surface area contributed by atoms with Crippen molar-refractivity contribution in [2.75, 3.05) is 19.8 Å². The van der Waals surface area contributed by atoms with E-state index in [1.807, 2.05) is 13.8 Å². The predicted octanol–water partition coefficient (Wildman–Crippen LogP) is 1.72. The molecule has 1 aliphatic heterocycles. The molecule has 0 radical (unpaired) electrons. The van der Waals surface area contributed by atoms with Crippen LogP contribution in [0.3, 0.4) is 0 Å². The Labute approximate surface area is 161 Å². The van der Waals surface area contributed by atoms with E-state index < -0.39 is 11.9 Å². The van der Waals surface area contributed by atoms with E-state index in [1.165, 1.54) is 34.6 Å². The highest BCUT2D eigenvalue weighted by molar-refractivity contribution is 5.85. The number of nitrogens with zero attached hydrogens (tertiary/aromatic N) is 2. The smallest absolute Gasteiger partial charge is 0.494 e. The van der Waals surface area contributed by atoms with Crippen LogP contribution in [0.1, 0.15) is 20.3 Å². The highest BCUT2D eigenvalue weighted by atomic mass is 35.5. The van der Waals surface area contributed by atoms with Gasteiger partial charge in [0.15, 0.2) is 0 Å². The van der Waals surface area contributed by atoms with E-state index in [-0.39, 0.29) is 24.2 Å². The standard InChI is InChI=1S/C15H24F3N5O3.ClH/c1-14(2)13(19)10-22(20)21-23(14)25-9-3-8-24-11-4-6-12(7-5-11)26-15(16,17)18;/h4-7,13,21H,3,8-10,19-20H2,1-2H3;1H. The van der Waals surface area contributed by atoms with E-state index in [2.05, 4.69) is 10.3 Å². The predicted molar refractivity (Wildman–Crippen MR) is 94.4 cm³/mol. The van der Waals surface area contributed by atoms with E-state index in [0.717, 1.165) is 0 Å². The zero-order valence-electron chi connectivity index (χ0n) is 15.0. The maximum absolute atomic E-state index is 12.1. The second-order valence-corrected chi connectivity index (χ2v) is 6.36. The normalized spacial score (nSPS) is 20.8. The lowest BCUT2D eigenvalue weighted by atomic mass is 9.95. The number of rotatable bonds is 7. The molecule has 0 amide bonds. The van der Waals surface area contributed by atoms with Crippen LogP contribution in [0.2, 0.25) is 0 Å². The maximum atomic E-state index is 12.1. The third-order valence-electron chi connectivity index (χ3n) is 3.88. The second-order valence-electron chi connectivity index (χ2n) is 6.36. The lowest BCUT2D eigenvalue weighted by Gasteiger charge is -2.47. The highest BCUT2D eigenvalue weighted by Gasteiger charge is 2.40. The van der Waals surface area contributed by atoms with Crippen molar-refractivity contribution in [3.8, 4) is 11.5 Å². The molecule has 0 saturated carbocycles. The number of hydrogen-bond donors (Lipinski definition) is 3. The Morgan fingerprint density at radius 3 is 2.37 bits per heavy atom. The molecule has 0 spiro atoms. The van der Waals surface area contributed by atoms with Gasteiger partial charge in [-0.05, 0) is 38.1 Å².